The van der Waals surface area contributed by atoms with Crippen LogP contribution < -0.4 is 10.6 Å². The molecule has 1 amide bonds. The third-order valence-electron chi connectivity index (χ3n) is 4.51. The highest BCUT2D eigenvalue weighted by molar-refractivity contribution is 5.97. The molecule has 0 spiro atoms. The molecule has 1 saturated heterocycles. The van der Waals surface area contributed by atoms with Gasteiger partial charge in [0.15, 0.2) is 0 Å². The summed E-state index contributed by atoms with van der Waals surface area (Å²) in [6.45, 7) is 2.14. The van der Waals surface area contributed by atoms with Crippen molar-refractivity contribution in [2.45, 2.75) is 25.3 Å². The van der Waals surface area contributed by atoms with Gasteiger partial charge in [-0.2, -0.15) is 0 Å². The van der Waals surface area contributed by atoms with Gasteiger partial charge in [0, 0.05) is 12.1 Å². The molecule has 1 aromatic carbocycles. The molecule has 5 nitrogen and oxygen atoms in total. The summed E-state index contributed by atoms with van der Waals surface area (Å²) in [5.41, 5.74) is 0.217. The van der Waals surface area contributed by atoms with Crippen LogP contribution in [0.15, 0.2) is 18.2 Å². The Morgan fingerprint density at radius 3 is 2.80 bits per heavy atom. The van der Waals surface area contributed by atoms with Gasteiger partial charge in [0.2, 0.25) is 0 Å². The van der Waals surface area contributed by atoms with Gasteiger partial charge in [-0.1, -0.05) is 0 Å². The second kappa shape index (κ2) is 5.32. The van der Waals surface area contributed by atoms with Crippen LogP contribution in [0.1, 0.15) is 29.6 Å². The number of carbonyl (C=O) groups excluding carboxylic acids is 1. The Bertz CT molecular complexity index is 518. The van der Waals surface area contributed by atoms with E-state index in [-0.39, 0.29) is 29.0 Å². The molecule has 1 heterocycles. The molecule has 1 aliphatic carbocycles. The first-order valence-electron chi connectivity index (χ1n) is 7.17. The monoisotopic (exact) mass is 276 g/mol. The second-order valence-electron chi connectivity index (χ2n) is 5.86. The summed E-state index contributed by atoms with van der Waals surface area (Å²) in [5.74, 6) is 0.917. The summed E-state index contributed by atoms with van der Waals surface area (Å²) >= 11 is 0. The van der Waals surface area contributed by atoms with Crippen molar-refractivity contribution in [1.82, 2.24) is 10.6 Å². The minimum atomic E-state index is -0.267. The average molecular weight is 276 g/mol. The van der Waals surface area contributed by atoms with E-state index in [0.717, 1.165) is 38.3 Å². The van der Waals surface area contributed by atoms with Gasteiger partial charge in [0.25, 0.3) is 5.91 Å². The van der Waals surface area contributed by atoms with Crippen LogP contribution in [0.2, 0.25) is 0 Å². The SMILES string of the molecule is O=C(NC1CC[C@H]2CNC[C@H]2C1)c1ccc(O)cc1O. The van der Waals surface area contributed by atoms with Crippen LogP contribution in [0.25, 0.3) is 0 Å². The number of benzene rings is 1. The van der Waals surface area contributed by atoms with Crippen molar-refractivity contribution in [3.8, 4) is 11.5 Å². The van der Waals surface area contributed by atoms with Crippen LogP contribution in [0.3, 0.4) is 0 Å². The molecule has 0 radical (unpaired) electrons. The zero-order valence-electron chi connectivity index (χ0n) is 11.3. The number of fused-ring (bicyclic) bond motifs is 1. The van der Waals surface area contributed by atoms with Crippen molar-refractivity contribution in [2.75, 3.05) is 13.1 Å². The molecule has 3 rings (SSSR count). The predicted molar refractivity (Wildman–Crippen MR) is 74.7 cm³/mol. The summed E-state index contributed by atoms with van der Waals surface area (Å²) in [6, 6.07) is 4.22. The van der Waals surface area contributed by atoms with E-state index in [9.17, 15) is 15.0 Å². The van der Waals surface area contributed by atoms with Crippen molar-refractivity contribution >= 4 is 5.91 Å². The standard InChI is InChI=1S/C15H20N2O3/c18-12-3-4-13(14(19)6-12)15(20)17-11-2-1-9-7-16-8-10(9)5-11/h3-4,6,9-11,16,18-19H,1-2,5,7-8H2,(H,17,20)/t9-,10+,11?/m0/s1. The van der Waals surface area contributed by atoms with Gasteiger partial charge >= 0.3 is 0 Å². The lowest BCUT2D eigenvalue weighted by atomic mass is 9.79. The minimum absolute atomic E-state index is 0.0448. The number of hydrogen-bond acceptors (Lipinski definition) is 4. The molecular weight excluding hydrogens is 256 g/mol. The molecule has 0 aromatic heterocycles. The number of nitrogens with one attached hydrogen (secondary N) is 2. The molecule has 2 fully saturated rings. The third-order valence-corrected chi connectivity index (χ3v) is 4.51. The highest BCUT2D eigenvalue weighted by atomic mass is 16.3. The first-order chi connectivity index (χ1) is 9.63. The lowest BCUT2D eigenvalue weighted by Gasteiger charge is -2.31. The zero-order valence-corrected chi connectivity index (χ0v) is 11.3. The quantitative estimate of drug-likeness (QED) is 0.654. The number of carbonyl (C=O) groups is 1. The van der Waals surface area contributed by atoms with Crippen molar-refractivity contribution in [1.29, 1.82) is 0 Å². The maximum Gasteiger partial charge on any atom is 0.255 e. The summed E-state index contributed by atoms with van der Waals surface area (Å²) < 4.78 is 0. The van der Waals surface area contributed by atoms with Crippen molar-refractivity contribution < 1.29 is 15.0 Å². The highest BCUT2D eigenvalue weighted by Crippen LogP contribution is 2.33. The van der Waals surface area contributed by atoms with Crippen molar-refractivity contribution in [3.63, 3.8) is 0 Å². The van der Waals surface area contributed by atoms with Crippen LogP contribution in [0, 0.1) is 11.8 Å². The molecule has 1 aliphatic heterocycles. The maximum atomic E-state index is 12.2. The van der Waals surface area contributed by atoms with Gasteiger partial charge in [-0.25, -0.2) is 0 Å². The maximum absolute atomic E-state index is 12.2. The molecule has 1 aromatic rings. The molecule has 2 aliphatic rings. The Morgan fingerprint density at radius 2 is 2.00 bits per heavy atom. The van der Waals surface area contributed by atoms with Crippen LogP contribution in [0.5, 0.6) is 11.5 Å². The van der Waals surface area contributed by atoms with E-state index in [1.807, 2.05) is 0 Å². The Hall–Kier alpha value is -1.75. The topological polar surface area (TPSA) is 81.6 Å². The molecule has 3 atom stereocenters. The van der Waals surface area contributed by atoms with E-state index in [1.54, 1.807) is 0 Å². The number of rotatable bonds is 2. The normalized spacial score (nSPS) is 28.9. The number of phenolic OH excluding ortho intramolecular Hbond substituents is 2. The molecule has 20 heavy (non-hydrogen) atoms. The second-order valence-corrected chi connectivity index (χ2v) is 5.86. The van der Waals surface area contributed by atoms with Gasteiger partial charge in [-0.3, -0.25) is 4.79 Å². The Labute approximate surface area is 118 Å². The fraction of sp³-hybridized carbons (Fsp3) is 0.533. The first kappa shape index (κ1) is 13.2. The molecule has 1 saturated carbocycles. The van der Waals surface area contributed by atoms with Crippen molar-refractivity contribution in [3.05, 3.63) is 23.8 Å². The first-order valence-corrected chi connectivity index (χ1v) is 7.17. The fourth-order valence-electron chi connectivity index (χ4n) is 3.41. The molecule has 4 N–H and O–H groups in total. The Balaban J connectivity index is 1.64. The van der Waals surface area contributed by atoms with Gasteiger partial charge < -0.3 is 20.8 Å². The van der Waals surface area contributed by atoms with E-state index in [0.29, 0.717) is 5.92 Å². The van der Waals surface area contributed by atoms with E-state index >= 15 is 0 Å². The Kier molecular flexibility index (Phi) is 3.53. The van der Waals surface area contributed by atoms with Gasteiger partial charge in [0.05, 0.1) is 5.56 Å². The van der Waals surface area contributed by atoms with E-state index in [1.165, 1.54) is 18.2 Å². The molecule has 0 bridgehead atoms. The molecule has 5 heteroatoms. The summed E-state index contributed by atoms with van der Waals surface area (Å²) in [7, 11) is 0. The van der Waals surface area contributed by atoms with Crippen LogP contribution in [0.4, 0.5) is 0 Å². The summed E-state index contributed by atoms with van der Waals surface area (Å²) in [5, 5.41) is 25.4. The summed E-state index contributed by atoms with van der Waals surface area (Å²) in [6.07, 6.45) is 3.14. The summed E-state index contributed by atoms with van der Waals surface area (Å²) in [4.78, 5) is 12.2. The number of amides is 1. The van der Waals surface area contributed by atoms with E-state index in [2.05, 4.69) is 10.6 Å². The van der Waals surface area contributed by atoms with E-state index < -0.39 is 0 Å². The molecule has 108 valence electrons. The minimum Gasteiger partial charge on any atom is -0.508 e. The lowest BCUT2D eigenvalue weighted by Crippen LogP contribution is -2.40. The van der Waals surface area contributed by atoms with Gasteiger partial charge in [-0.15, -0.1) is 0 Å². The van der Waals surface area contributed by atoms with Crippen LogP contribution >= 0.6 is 0 Å². The number of hydrogen-bond donors (Lipinski definition) is 4. The molecular formula is C15H20N2O3. The Morgan fingerprint density at radius 1 is 1.20 bits per heavy atom. The van der Waals surface area contributed by atoms with Gasteiger partial charge in [-0.05, 0) is 56.3 Å². The molecule has 1 unspecified atom stereocenters. The number of phenols is 2. The number of aromatic hydroxyl groups is 2. The largest absolute Gasteiger partial charge is 0.508 e. The lowest BCUT2D eigenvalue weighted by molar-refractivity contribution is 0.0911. The fourth-order valence-corrected chi connectivity index (χ4v) is 3.41. The van der Waals surface area contributed by atoms with Crippen LogP contribution in [-0.4, -0.2) is 35.3 Å². The van der Waals surface area contributed by atoms with Crippen molar-refractivity contribution in [2.24, 2.45) is 11.8 Å². The van der Waals surface area contributed by atoms with Crippen LogP contribution in [-0.2, 0) is 0 Å². The highest BCUT2D eigenvalue weighted by Gasteiger charge is 2.34. The average Bonchev–Trinajstić information content (AvgIpc) is 2.85. The predicted octanol–water partition coefficient (Wildman–Crippen LogP) is 1.22. The van der Waals surface area contributed by atoms with E-state index in [4.69, 9.17) is 0 Å². The zero-order chi connectivity index (χ0) is 14.1. The smallest absolute Gasteiger partial charge is 0.255 e. The third kappa shape index (κ3) is 2.58. The van der Waals surface area contributed by atoms with Gasteiger partial charge in [0.1, 0.15) is 11.5 Å².